The number of primary sulfonamides is 1. The fourth-order valence-corrected chi connectivity index (χ4v) is 4.87. The van der Waals surface area contributed by atoms with Crippen LogP contribution in [0.3, 0.4) is 0 Å². The van der Waals surface area contributed by atoms with E-state index in [9.17, 15) is 13.2 Å². The molecule has 0 amide bonds. The highest BCUT2D eigenvalue weighted by Gasteiger charge is 2.23. The molecule has 32 heavy (non-hydrogen) atoms. The lowest BCUT2D eigenvalue weighted by Gasteiger charge is -2.13. The topological polar surface area (TPSA) is 104 Å². The predicted octanol–water partition coefficient (Wildman–Crippen LogP) is 4.10. The van der Waals surface area contributed by atoms with E-state index < -0.39 is 10.0 Å². The van der Waals surface area contributed by atoms with Crippen molar-refractivity contribution in [1.29, 1.82) is 0 Å². The summed E-state index contributed by atoms with van der Waals surface area (Å²) in [6, 6.07) is 14.2. The van der Waals surface area contributed by atoms with Crippen molar-refractivity contribution < 1.29 is 17.9 Å². The number of sulfonamides is 1. The minimum atomic E-state index is -3.84. The Morgan fingerprint density at radius 2 is 1.81 bits per heavy atom. The molecule has 3 aromatic rings. The smallest absolute Gasteiger partial charge is 0.357 e. The Kier molecular flexibility index (Phi) is 7.76. The zero-order valence-electron chi connectivity index (χ0n) is 18.4. The van der Waals surface area contributed by atoms with Gasteiger partial charge in [0.15, 0.2) is 5.69 Å². The lowest BCUT2D eigenvalue weighted by molar-refractivity contribution is 0.0509. The highest BCUT2D eigenvalue weighted by molar-refractivity contribution is 7.98. The number of hydrogen-bond donors (Lipinski definition) is 1. The Bertz CT molecular complexity index is 1200. The molecule has 7 nitrogen and oxygen atoms in total. The van der Waals surface area contributed by atoms with E-state index in [-0.39, 0.29) is 10.9 Å². The third-order valence-electron chi connectivity index (χ3n) is 4.95. The molecular weight excluding hydrogens is 446 g/mol. The number of esters is 1. The molecule has 2 aromatic carbocycles. The lowest BCUT2D eigenvalue weighted by Crippen LogP contribution is -2.16. The van der Waals surface area contributed by atoms with E-state index >= 15 is 0 Å². The molecule has 1 aromatic heterocycles. The molecule has 9 heteroatoms. The number of nitrogens with two attached hydrogens (primary N) is 1. The first-order chi connectivity index (χ1) is 15.3. The van der Waals surface area contributed by atoms with Crippen molar-refractivity contribution in [2.24, 2.45) is 5.14 Å². The van der Waals surface area contributed by atoms with Gasteiger partial charge in [-0.15, -0.1) is 11.8 Å². The number of benzene rings is 2. The van der Waals surface area contributed by atoms with E-state index in [1.807, 2.05) is 35.1 Å². The largest absolute Gasteiger partial charge is 0.461 e. The first-order valence-electron chi connectivity index (χ1n) is 10.3. The Balaban J connectivity index is 1.99. The zero-order chi connectivity index (χ0) is 23.3. The van der Waals surface area contributed by atoms with Gasteiger partial charge in [-0.1, -0.05) is 49.4 Å². The summed E-state index contributed by atoms with van der Waals surface area (Å²) in [6.45, 7) is 4.59. The average molecular weight is 474 g/mol. The molecule has 0 saturated carbocycles. The van der Waals surface area contributed by atoms with Crippen LogP contribution in [0, 0.1) is 0 Å². The van der Waals surface area contributed by atoms with E-state index in [1.165, 1.54) is 17.8 Å². The van der Waals surface area contributed by atoms with Crippen molar-refractivity contribution in [3.8, 4) is 11.1 Å². The fourth-order valence-electron chi connectivity index (χ4n) is 3.52. The number of hydrogen-bond acceptors (Lipinski definition) is 6. The average Bonchev–Trinajstić information content (AvgIpc) is 3.11. The van der Waals surface area contributed by atoms with Gasteiger partial charge >= 0.3 is 5.97 Å². The second-order valence-electron chi connectivity index (χ2n) is 7.18. The standard InChI is InChI=1S/C23H27N3O4S2/c1-4-8-20-25-22(31-3)21(23(27)30-5-2)26(20)15-16-11-13-17(14-12-16)18-9-6-7-10-19(18)32(24,28)29/h6-7,9-14H,4-5,8,15H2,1-3H3,(H2,24,28,29). The normalized spacial score (nSPS) is 11.5. The minimum absolute atomic E-state index is 0.0850. The number of rotatable bonds is 9. The zero-order valence-corrected chi connectivity index (χ0v) is 20.0. The van der Waals surface area contributed by atoms with Crippen LogP contribution in [0.5, 0.6) is 0 Å². The van der Waals surface area contributed by atoms with Gasteiger partial charge < -0.3 is 9.30 Å². The number of aromatic nitrogens is 2. The van der Waals surface area contributed by atoms with Crippen molar-refractivity contribution in [2.45, 2.75) is 43.2 Å². The van der Waals surface area contributed by atoms with Crippen LogP contribution in [-0.2, 0) is 27.7 Å². The summed E-state index contributed by atoms with van der Waals surface area (Å²) in [5, 5.41) is 6.03. The van der Waals surface area contributed by atoms with Gasteiger partial charge in [0.25, 0.3) is 0 Å². The molecule has 0 bridgehead atoms. The molecule has 0 aliphatic rings. The maximum atomic E-state index is 12.7. The first kappa shape index (κ1) is 24.0. The quantitative estimate of drug-likeness (QED) is 0.371. The summed E-state index contributed by atoms with van der Waals surface area (Å²) in [4.78, 5) is 17.4. The van der Waals surface area contributed by atoms with Crippen LogP contribution in [0.2, 0.25) is 0 Å². The third-order valence-corrected chi connectivity index (χ3v) is 6.59. The molecule has 0 fully saturated rings. The van der Waals surface area contributed by atoms with Crippen molar-refractivity contribution in [3.05, 3.63) is 65.6 Å². The van der Waals surface area contributed by atoms with Crippen LogP contribution < -0.4 is 5.14 Å². The molecule has 2 N–H and O–H groups in total. The van der Waals surface area contributed by atoms with E-state index in [0.717, 1.165) is 29.8 Å². The van der Waals surface area contributed by atoms with Crippen molar-refractivity contribution >= 4 is 27.8 Å². The molecular formula is C23H27N3O4S2. The summed E-state index contributed by atoms with van der Waals surface area (Å²) in [7, 11) is -3.84. The second-order valence-corrected chi connectivity index (χ2v) is 9.51. The number of ether oxygens (including phenoxy) is 1. The monoisotopic (exact) mass is 473 g/mol. The number of nitrogens with zero attached hydrogens (tertiary/aromatic N) is 2. The molecule has 0 aliphatic carbocycles. The Morgan fingerprint density at radius 1 is 1.12 bits per heavy atom. The van der Waals surface area contributed by atoms with Gasteiger partial charge in [-0.3, -0.25) is 0 Å². The van der Waals surface area contributed by atoms with E-state index in [0.29, 0.717) is 29.4 Å². The van der Waals surface area contributed by atoms with Crippen molar-refractivity contribution in [1.82, 2.24) is 9.55 Å². The SMILES string of the molecule is CCCc1nc(SC)c(C(=O)OCC)n1Cc1ccc(-c2ccccc2S(N)(=O)=O)cc1. The second kappa shape index (κ2) is 10.3. The number of imidazole rings is 1. The van der Waals surface area contributed by atoms with Crippen molar-refractivity contribution in [3.63, 3.8) is 0 Å². The predicted molar refractivity (Wildman–Crippen MR) is 126 cm³/mol. The molecule has 0 unspecified atom stereocenters. The maximum Gasteiger partial charge on any atom is 0.357 e. The molecule has 0 spiro atoms. The summed E-state index contributed by atoms with van der Waals surface area (Å²) in [5.74, 6) is 0.453. The molecule has 3 rings (SSSR count). The fraction of sp³-hybridized carbons (Fsp3) is 0.304. The third kappa shape index (κ3) is 5.23. The van der Waals surface area contributed by atoms with Crippen molar-refractivity contribution in [2.75, 3.05) is 12.9 Å². The molecule has 0 saturated heterocycles. The minimum Gasteiger partial charge on any atom is -0.461 e. The van der Waals surface area contributed by atoms with Crippen LogP contribution >= 0.6 is 11.8 Å². The first-order valence-corrected chi connectivity index (χ1v) is 13.1. The lowest BCUT2D eigenvalue weighted by atomic mass is 10.0. The van der Waals surface area contributed by atoms with Crippen LogP contribution in [0.4, 0.5) is 0 Å². The summed E-state index contributed by atoms with van der Waals surface area (Å²) < 4.78 is 31.1. The van der Waals surface area contributed by atoms with E-state index in [4.69, 9.17) is 9.88 Å². The highest BCUT2D eigenvalue weighted by atomic mass is 32.2. The molecule has 1 heterocycles. The highest BCUT2D eigenvalue weighted by Crippen LogP contribution is 2.28. The van der Waals surface area contributed by atoms with Gasteiger partial charge in [0.2, 0.25) is 10.0 Å². The number of carbonyl (C=O) groups is 1. The molecule has 0 radical (unpaired) electrons. The van der Waals surface area contributed by atoms with Crippen LogP contribution in [-0.4, -0.2) is 36.8 Å². The number of aryl methyl sites for hydroxylation is 1. The van der Waals surface area contributed by atoms with Gasteiger partial charge in [0.05, 0.1) is 11.5 Å². The summed E-state index contributed by atoms with van der Waals surface area (Å²) in [5.41, 5.74) is 2.71. The van der Waals surface area contributed by atoms with Crippen LogP contribution in [0.1, 0.15) is 42.1 Å². The number of thioether (sulfide) groups is 1. The maximum absolute atomic E-state index is 12.7. The Hall–Kier alpha value is -2.62. The van der Waals surface area contributed by atoms with Gasteiger partial charge in [-0.05, 0) is 36.8 Å². The molecule has 0 atom stereocenters. The Morgan fingerprint density at radius 3 is 2.41 bits per heavy atom. The molecule has 170 valence electrons. The number of carbonyl (C=O) groups excluding carboxylic acids is 1. The van der Waals surface area contributed by atoms with Gasteiger partial charge in [-0.25, -0.2) is 23.3 Å². The summed E-state index contributed by atoms with van der Waals surface area (Å²) in [6.07, 6.45) is 3.53. The molecule has 0 aliphatic heterocycles. The van der Waals surface area contributed by atoms with E-state index in [2.05, 4.69) is 11.9 Å². The van der Waals surface area contributed by atoms with Gasteiger partial charge in [0, 0.05) is 18.5 Å². The van der Waals surface area contributed by atoms with Gasteiger partial charge in [0.1, 0.15) is 10.9 Å². The van der Waals surface area contributed by atoms with Gasteiger partial charge in [-0.2, -0.15) is 0 Å². The summed E-state index contributed by atoms with van der Waals surface area (Å²) >= 11 is 1.42. The Labute approximate surface area is 193 Å². The van der Waals surface area contributed by atoms with Crippen LogP contribution in [0.15, 0.2) is 58.5 Å². The van der Waals surface area contributed by atoms with Crippen LogP contribution in [0.25, 0.3) is 11.1 Å². The van der Waals surface area contributed by atoms with E-state index in [1.54, 1.807) is 25.1 Å².